The Morgan fingerprint density at radius 3 is 1.71 bits per heavy atom. The Morgan fingerprint density at radius 2 is 1.22 bits per heavy atom. The van der Waals surface area contributed by atoms with Crippen LogP contribution in [0, 0.1) is 0 Å². The highest BCUT2D eigenvalue weighted by molar-refractivity contribution is 7.01. The number of carbonyl (C=O) groups excluding carboxylic acids is 2. The topological polar surface area (TPSA) is 137 Å². The van der Waals surface area contributed by atoms with Crippen LogP contribution in [-0.2, 0) is 43.5 Å². The molecule has 5 heterocycles. The lowest BCUT2D eigenvalue weighted by Crippen LogP contribution is -2.66. The Hall–Kier alpha value is -4.62. The van der Waals surface area contributed by atoms with Crippen molar-refractivity contribution in [1.82, 2.24) is 9.80 Å². The summed E-state index contributed by atoms with van der Waals surface area (Å²) in [5.41, 5.74) is 6.71. The number of hydrogen-bond acceptors (Lipinski definition) is 10. The molecule has 77 heavy (non-hydrogen) atoms. The second-order valence-corrected chi connectivity index (χ2v) is 26.4. The van der Waals surface area contributed by atoms with Crippen LogP contribution in [0.15, 0.2) is 88.1 Å². The molecule has 2 atom stereocenters. The zero-order chi connectivity index (χ0) is 54.3. The molecule has 1 spiro atoms. The van der Waals surface area contributed by atoms with Crippen LogP contribution >= 0.6 is 23.2 Å². The number of primary amides is 1. The summed E-state index contributed by atoms with van der Waals surface area (Å²) >= 11 is 11.7. The van der Waals surface area contributed by atoms with E-state index in [0.29, 0.717) is 81.4 Å². The van der Waals surface area contributed by atoms with Crippen LogP contribution < -0.4 is 26.6 Å². The lowest BCUT2D eigenvalue weighted by Gasteiger charge is -2.49. The fourth-order valence-corrected chi connectivity index (χ4v) is 15.2. The van der Waals surface area contributed by atoms with Crippen molar-refractivity contribution in [3.05, 3.63) is 134 Å². The third-order valence-corrected chi connectivity index (χ3v) is 19.9. The van der Waals surface area contributed by atoms with Crippen molar-refractivity contribution in [2.75, 3.05) is 82.5 Å². The fourth-order valence-electron chi connectivity index (χ4n) is 11.6. The lowest BCUT2D eigenvalue weighted by molar-refractivity contribution is -0.136. The maximum Gasteiger partial charge on any atom is 0.417 e. The quantitative estimate of drug-likeness (QED) is 0.0223. The number of amides is 2. The van der Waals surface area contributed by atoms with Gasteiger partial charge in [-0.15, -0.1) is 23.2 Å². The molecule has 5 aromatic rings. The van der Waals surface area contributed by atoms with Crippen LogP contribution in [0.25, 0.3) is 11.0 Å². The molecule has 4 aromatic carbocycles. The summed E-state index contributed by atoms with van der Waals surface area (Å²) in [7, 11) is -2.81. The van der Waals surface area contributed by atoms with Gasteiger partial charge in [0, 0.05) is 104 Å². The molecule has 0 saturated carbocycles. The lowest BCUT2D eigenvalue weighted by atomic mass is 9.75. The molecule has 18 heteroatoms. The number of benzene rings is 4. The smallest absolute Gasteiger partial charge is 0.417 e. The van der Waals surface area contributed by atoms with Gasteiger partial charge in [-0.25, -0.2) is 4.79 Å². The zero-order valence-electron chi connectivity index (χ0n) is 44.2. The monoisotopic (exact) mass is 1120 g/mol. The molecule has 2 saturated heterocycles. The van der Waals surface area contributed by atoms with Crippen molar-refractivity contribution < 1.29 is 46.1 Å². The van der Waals surface area contributed by atoms with E-state index >= 15 is 4.79 Å². The van der Waals surface area contributed by atoms with Gasteiger partial charge in [0.25, 0.3) is 5.91 Å². The third-order valence-electron chi connectivity index (χ3n) is 15.9. The van der Waals surface area contributed by atoms with Crippen LogP contribution in [-0.4, -0.2) is 120 Å². The first-order valence-corrected chi connectivity index (χ1v) is 31.4. The van der Waals surface area contributed by atoms with Crippen molar-refractivity contribution in [3.63, 3.8) is 0 Å². The molecule has 2 N–H and O–H groups in total. The zero-order valence-corrected chi connectivity index (χ0v) is 46.7. The number of unbranched alkanes of at least 4 members (excludes halogenated alkanes) is 6. The molecular weight excluding hydrogens is 1050 g/mol. The molecule has 0 radical (unpaired) electrons. The number of fused-ring (bicyclic) bond motifs is 7. The van der Waals surface area contributed by atoms with Gasteiger partial charge in [0.05, 0.1) is 32.0 Å². The molecule has 2 unspecified atom stereocenters. The summed E-state index contributed by atoms with van der Waals surface area (Å²) in [5, 5.41) is 1.75. The fraction of sp³-hybridized carbons (Fsp3) is 0.508. The van der Waals surface area contributed by atoms with E-state index in [9.17, 15) is 22.8 Å². The first-order chi connectivity index (χ1) is 37.2. The number of likely N-dealkylation sites (tertiary alicyclic amines) is 2. The van der Waals surface area contributed by atoms with Crippen molar-refractivity contribution in [3.8, 4) is 0 Å². The number of nitrogens with two attached hydrogens (primary N) is 1. The van der Waals surface area contributed by atoms with Crippen LogP contribution in [0.5, 0.6) is 0 Å². The first-order valence-electron chi connectivity index (χ1n) is 27.4. The average Bonchev–Trinajstić information content (AvgIpc) is 3.76. The summed E-state index contributed by atoms with van der Waals surface area (Å²) in [6.45, 7) is 11.4. The van der Waals surface area contributed by atoms with Gasteiger partial charge in [-0.1, -0.05) is 75.2 Å². The molecule has 0 bridgehead atoms. The Kier molecular flexibility index (Phi) is 18.7. The number of hydrogen-bond donors (Lipinski definition) is 1. The van der Waals surface area contributed by atoms with Crippen LogP contribution in [0.1, 0.15) is 118 Å². The van der Waals surface area contributed by atoms with E-state index in [1.807, 2.05) is 0 Å². The van der Waals surface area contributed by atoms with Crippen LogP contribution in [0.2, 0.25) is 13.1 Å². The molecule has 414 valence electrons. The molecule has 4 aliphatic rings. The van der Waals surface area contributed by atoms with Gasteiger partial charge in [-0.05, 0) is 101 Å². The molecule has 2 amide bonds. The molecule has 2 fully saturated rings. The number of rotatable bonds is 28. The van der Waals surface area contributed by atoms with Crippen molar-refractivity contribution in [2.45, 2.75) is 114 Å². The van der Waals surface area contributed by atoms with Gasteiger partial charge >= 0.3 is 11.8 Å². The minimum absolute atomic E-state index is 0.185. The van der Waals surface area contributed by atoms with Gasteiger partial charge in [0.15, 0.2) is 0 Å². The highest BCUT2D eigenvalue weighted by Gasteiger charge is 2.59. The second-order valence-electron chi connectivity index (χ2n) is 21.3. The minimum Gasteiger partial charge on any atom is -0.423 e. The van der Waals surface area contributed by atoms with E-state index in [1.54, 1.807) is 17.0 Å². The summed E-state index contributed by atoms with van der Waals surface area (Å²) in [5.74, 6) is 0.198. The predicted molar refractivity (Wildman–Crippen MR) is 298 cm³/mol. The minimum atomic E-state index is -4.86. The summed E-state index contributed by atoms with van der Waals surface area (Å²) in [4.78, 5) is 47.8. The number of alkyl halides is 5. The van der Waals surface area contributed by atoms with Gasteiger partial charge in [0.2, 0.25) is 5.91 Å². The summed E-state index contributed by atoms with van der Waals surface area (Å²) in [6.07, 6.45) is 6.29. The van der Waals surface area contributed by atoms with Gasteiger partial charge in [-0.2, -0.15) is 13.2 Å². The highest BCUT2D eigenvalue weighted by atomic mass is 35.5. The number of halogens is 5. The van der Waals surface area contributed by atoms with E-state index in [-0.39, 0.29) is 34.7 Å². The normalized spacial score (nSPS) is 18.7. The largest absolute Gasteiger partial charge is 0.423 e. The van der Waals surface area contributed by atoms with E-state index in [1.165, 1.54) is 24.3 Å². The Balaban J connectivity index is 1.14. The second kappa shape index (κ2) is 25.2. The number of ether oxygens (including phenoxy) is 4. The van der Waals surface area contributed by atoms with E-state index in [4.69, 9.17) is 52.3 Å². The van der Waals surface area contributed by atoms with E-state index in [2.05, 4.69) is 59.3 Å². The van der Waals surface area contributed by atoms with Gasteiger partial charge < -0.3 is 29.1 Å². The van der Waals surface area contributed by atoms with Crippen LogP contribution in [0.3, 0.4) is 0 Å². The molecule has 9 rings (SSSR count). The summed E-state index contributed by atoms with van der Waals surface area (Å²) in [6, 6.07) is 22.1. The Morgan fingerprint density at radius 1 is 0.675 bits per heavy atom. The highest BCUT2D eigenvalue weighted by Crippen LogP contribution is 2.53. The maximum absolute atomic E-state index is 15.5. The Bertz CT molecular complexity index is 2850. The van der Waals surface area contributed by atoms with Crippen molar-refractivity contribution >= 4 is 70.1 Å². The number of carbonyl (C=O) groups is 2. The SMILES string of the molecule is C[Si]1(C)c2cc(CC(OCCOCCCCCCCl)N3CCC3)ccc2C2(c3cc(C(N)=O)ccc3C(=O)N2c2ccc3c(C(F)(F)F)cc(=O)oc3c2)c2ccc(CC(OCCOCCCCCCCl)N3CCC3)cc21. The molecule has 1 aromatic heterocycles. The van der Waals surface area contributed by atoms with Crippen molar-refractivity contribution in [1.29, 1.82) is 0 Å². The molecule has 0 aliphatic carbocycles. The standard InChI is InChI=1S/C59H71Cl2F3N4O8Si/c1-77(2)51-33-40(35-53(66-23-11-24-66)74-31-29-72-27-9-5-3-7-21-60)13-19-46(51)58(47-20-14-41(34-52(47)77)36-54(67-25-12-26-67)75-32-30-73-28-10-6-4-8-22-61)48-37-42(56(65)70)15-17-45(48)57(71)68(58)43-16-18-44-49(59(62,63)64)39-55(69)76-50(44)38-43/h13-20,33-34,37-39,53-54H,3-12,21-32,35-36H2,1-2H3,(H2,65,70). The van der Waals surface area contributed by atoms with Crippen molar-refractivity contribution in [2.24, 2.45) is 5.73 Å². The van der Waals surface area contributed by atoms with Gasteiger partial charge in [0.1, 0.15) is 31.7 Å². The molecular formula is C59H71Cl2F3N4O8Si. The van der Waals surface area contributed by atoms with Crippen LogP contribution in [0.4, 0.5) is 18.9 Å². The molecule has 4 aliphatic heterocycles. The van der Waals surface area contributed by atoms with E-state index < -0.39 is 42.8 Å². The molecule has 12 nitrogen and oxygen atoms in total. The third kappa shape index (κ3) is 12.3. The first kappa shape index (κ1) is 57.1. The summed E-state index contributed by atoms with van der Waals surface area (Å²) < 4.78 is 74.1. The number of anilines is 1. The maximum atomic E-state index is 15.5. The predicted octanol–water partition coefficient (Wildman–Crippen LogP) is 9.81. The average molecular weight is 1120 g/mol. The number of nitrogens with zero attached hydrogens (tertiary/aromatic N) is 3. The van der Waals surface area contributed by atoms with E-state index in [0.717, 1.165) is 123 Å². The van der Waals surface area contributed by atoms with Gasteiger partial charge in [-0.3, -0.25) is 24.3 Å². The Labute approximate surface area is 460 Å².